The third kappa shape index (κ3) is 10.3. The molecule has 0 saturated heterocycles. The molecule has 0 bridgehead atoms. The van der Waals surface area contributed by atoms with E-state index in [1.54, 1.807) is 24.7 Å². The van der Waals surface area contributed by atoms with Gasteiger partial charge in [0.05, 0.1) is 32.8 Å². The minimum atomic E-state index is -0.111. The molecule has 1 amide bonds. The predicted octanol–water partition coefficient (Wildman–Crippen LogP) is 3.19. The van der Waals surface area contributed by atoms with Gasteiger partial charge in [0.15, 0.2) is 0 Å². The van der Waals surface area contributed by atoms with Crippen molar-refractivity contribution in [3.8, 4) is 0 Å². The second kappa shape index (κ2) is 16.4. The Morgan fingerprint density at radius 3 is 2.10 bits per heavy atom. The van der Waals surface area contributed by atoms with Gasteiger partial charge in [-0.05, 0) is 30.7 Å². The lowest BCUT2D eigenvalue weighted by molar-refractivity contribution is 0.0519. The van der Waals surface area contributed by atoms with E-state index < -0.39 is 0 Å². The molecular formula is C28H35N9O3. The monoisotopic (exact) mass is 545 g/mol. The molecule has 0 saturated carbocycles. The fourth-order valence-electron chi connectivity index (χ4n) is 3.61. The fraction of sp³-hybridized carbons (Fsp3) is 0.321. The number of aryl methyl sites for hydroxylation is 1. The SMILES string of the molecule is O=C(NCCOCCOCCNc1nc(NCCCn2ccnc2)nc(Nc2ccccc2)n1)c1ccccc1. The van der Waals surface area contributed by atoms with Crippen LogP contribution in [0.3, 0.4) is 0 Å². The largest absolute Gasteiger partial charge is 0.377 e. The van der Waals surface area contributed by atoms with Crippen LogP contribution in [0.4, 0.5) is 23.5 Å². The third-order valence-electron chi connectivity index (χ3n) is 5.57. The van der Waals surface area contributed by atoms with E-state index in [0.717, 1.165) is 18.7 Å². The van der Waals surface area contributed by atoms with Crippen molar-refractivity contribution < 1.29 is 14.3 Å². The molecule has 0 unspecified atom stereocenters. The summed E-state index contributed by atoms with van der Waals surface area (Å²) >= 11 is 0. The highest BCUT2D eigenvalue weighted by Gasteiger charge is 2.07. The lowest BCUT2D eigenvalue weighted by atomic mass is 10.2. The summed E-state index contributed by atoms with van der Waals surface area (Å²) in [6.07, 6.45) is 6.40. The van der Waals surface area contributed by atoms with E-state index in [9.17, 15) is 4.79 Å². The third-order valence-corrected chi connectivity index (χ3v) is 5.57. The van der Waals surface area contributed by atoms with E-state index in [-0.39, 0.29) is 5.91 Å². The summed E-state index contributed by atoms with van der Waals surface area (Å²) in [6.45, 7) is 4.25. The van der Waals surface area contributed by atoms with Gasteiger partial charge in [0.1, 0.15) is 0 Å². The van der Waals surface area contributed by atoms with Crippen molar-refractivity contribution in [2.75, 3.05) is 62.0 Å². The average molecular weight is 546 g/mol. The molecule has 4 N–H and O–H groups in total. The van der Waals surface area contributed by atoms with Crippen LogP contribution >= 0.6 is 0 Å². The molecule has 4 aromatic rings. The normalized spacial score (nSPS) is 10.7. The van der Waals surface area contributed by atoms with Gasteiger partial charge in [0.2, 0.25) is 17.8 Å². The number of nitrogens with one attached hydrogen (secondary N) is 4. The molecule has 210 valence electrons. The molecule has 40 heavy (non-hydrogen) atoms. The molecule has 2 aromatic heterocycles. The fourth-order valence-corrected chi connectivity index (χ4v) is 3.61. The van der Waals surface area contributed by atoms with E-state index in [1.165, 1.54) is 0 Å². The molecule has 0 atom stereocenters. The minimum absolute atomic E-state index is 0.111. The minimum Gasteiger partial charge on any atom is -0.377 e. The summed E-state index contributed by atoms with van der Waals surface area (Å²) in [6, 6.07) is 18.8. The Hall–Kier alpha value is -4.55. The summed E-state index contributed by atoms with van der Waals surface area (Å²) in [5.74, 6) is 1.25. The molecule has 0 aliphatic carbocycles. The molecule has 12 heteroatoms. The first kappa shape index (κ1) is 28.5. The lowest BCUT2D eigenvalue weighted by Crippen LogP contribution is -2.27. The molecule has 4 rings (SSSR count). The Kier molecular flexibility index (Phi) is 11.7. The van der Waals surface area contributed by atoms with Gasteiger partial charge < -0.3 is 35.3 Å². The van der Waals surface area contributed by atoms with Crippen LogP contribution in [-0.4, -0.2) is 76.5 Å². The first-order valence-electron chi connectivity index (χ1n) is 13.3. The van der Waals surface area contributed by atoms with Crippen molar-refractivity contribution in [1.82, 2.24) is 29.8 Å². The van der Waals surface area contributed by atoms with E-state index in [0.29, 0.717) is 69.5 Å². The number of rotatable bonds is 18. The highest BCUT2D eigenvalue weighted by Crippen LogP contribution is 2.15. The number of hydrogen-bond acceptors (Lipinski definition) is 10. The highest BCUT2D eigenvalue weighted by molar-refractivity contribution is 5.94. The van der Waals surface area contributed by atoms with Gasteiger partial charge >= 0.3 is 0 Å². The molecule has 12 nitrogen and oxygen atoms in total. The maximum atomic E-state index is 12.0. The number of carbonyl (C=O) groups is 1. The van der Waals surface area contributed by atoms with Gasteiger partial charge in [0, 0.05) is 49.8 Å². The van der Waals surface area contributed by atoms with E-state index in [2.05, 4.69) is 41.2 Å². The summed E-state index contributed by atoms with van der Waals surface area (Å²) in [7, 11) is 0. The molecule has 0 fully saturated rings. The zero-order chi connectivity index (χ0) is 27.7. The molecule has 0 aliphatic heterocycles. The highest BCUT2D eigenvalue weighted by atomic mass is 16.5. The molecule has 0 aliphatic rings. The standard InChI is InChI=1S/C28H35N9O3/c38-25(23-8-3-1-4-9-23)30-14-18-39-20-21-40-19-15-32-27-34-26(31-12-7-16-37-17-13-29-22-37)35-28(36-27)33-24-10-5-2-6-11-24/h1-6,8-11,13,17,22H,7,12,14-16,18-21H2,(H,30,38)(H3,31,32,33,34,35,36). The van der Waals surface area contributed by atoms with Crippen molar-refractivity contribution >= 4 is 29.4 Å². The Bertz CT molecular complexity index is 1260. The van der Waals surface area contributed by atoms with Gasteiger partial charge in [-0.2, -0.15) is 15.0 Å². The van der Waals surface area contributed by atoms with Crippen molar-refractivity contribution in [3.63, 3.8) is 0 Å². The van der Waals surface area contributed by atoms with Gasteiger partial charge in [-0.25, -0.2) is 4.98 Å². The number of nitrogens with zero attached hydrogens (tertiary/aromatic N) is 5. The second-order valence-corrected chi connectivity index (χ2v) is 8.65. The van der Waals surface area contributed by atoms with Crippen LogP contribution in [0.15, 0.2) is 79.4 Å². The Balaban J connectivity index is 1.14. The quantitative estimate of drug-likeness (QED) is 0.138. The van der Waals surface area contributed by atoms with E-state index in [1.807, 2.05) is 59.3 Å². The first-order chi connectivity index (χ1) is 19.8. The van der Waals surface area contributed by atoms with Crippen LogP contribution in [-0.2, 0) is 16.0 Å². The topological polar surface area (TPSA) is 140 Å². The van der Waals surface area contributed by atoms with Gasteiger partial charge in [0.25, 0.3) is 5.91 Å². The number of ether oxygens (including phenoxy) is 2. The second-order valence-electron chi connectivity index (χ2n) is 8.65. The van der Waals surface area contributed by atoms with Gasteiger partial charge in [-0.3, -0.25) is 4.79 Å². The zero-order valence-corrected chi connectivity index (χ0v) is 22.3. The summed E-state index contributed by atoms with van der Waals surface area (Å²) in [5.41, 5.74) is 1.52. The van der Waals surface area contributed by atoms with Gasteiger partial charge in [-0.15, -0.1) is 0 Å². The maximum Gasteiger partial charge on any atom is 0.251 e. The van der Waals surface area contributed by atoms with Crippen molar-refractivity contribution in [1.29, 1.82) is 0 Å². The molecule has 0 radical (unpaired) electrons. The number of benzene rings is 2. The number of para-hydroxylation sites is 1. The van der Waals surface area contributed by atoms with Crippen LogP contribution in [0.5, 0.6) is 0 Å². The van der Waals surface area contributed by atoms with Crippen LogP contribution in [0.1, 0.15) is 16.8 Å². The molecule has 2 heterocycles. The van der Waals surface area contributed by atoms with Crippen LogP contribution in [0, 0.1) is 0 Å². The Labute approximate surface area is 233 Å². The van der Waals surface area contributed by atoms with Crippen LogP contribution in [0.2, 0.25) is 0 Å². The predicted molar refractivity (Wildman–Crippen MR) is 154 cm³/mol. The number of anilines is 4. The summed E-state index contributed by atoms with van der Waals surface area (Å²) < 4.78 is 13.2. The number of imidazole rings is 1. The van der Waals surface area contributed by atoms with E-state index in [4.69, 9.17) is 9.47 Å². The van der Waals surface area contributed by atoms with Crippen LogP contribution in [0.25, 0.3) is 0 Å². The first-order valence-corrected chi connectivity index (χ1v) is 13.3. The van der Waals surface area contributed by atoms with Crippen molar-refractivity contribution in [2.24, 2.45) is 0 Å². The lowest BCUT2D eigenvalue weighted by Gasteiger charge is -2.12. The van der Waals surface area contributed by atoms with Crippen LogP contribution < -0.4 is 21.3 Å². The maximum absolute atomic E-state index is 12.0. The molecular weight excluding hydrogens is 510 g/mol. The number of amides is 1. The molecule has 0 spiro atoms. The summed E-state index contributed by atoms with van der Waals surface area (Å²) in [4.78, 5) is 29.5. The van der Waals surface area contributed by atoms with Crippen molar-refractivity contribution in [3.05, 3.63) is 84.9 Å². The smallest absolute Gasteiger partial charge is 0.251 e. The average Bonchev–Trinajstić information content (AvgIpc) is 3.51. The Morgan fingerprint density at radius 1 is 0.750 bits per heavy atom. The van der Waals surface area contributed by atoms with Gasteiger partial charge in [-0.1, -0.05) is 36.4 Å². The molecule has 2 aromatic carbocycles. The number of carbonyl (C=O) groups excluding carboxylic acids is 1. The summed E-state index contributed by atoms with van der Waals surface area (Å²) in [5, 5.41) is 12.5. The van der Waals surface area contributed by atoms with Crippen molar-refractivity contribution in [2.45, 2.75) is 13.0 Å². The zero-order valence-electron chi connectivity index (χ0n) is 22.3. The Morgan fingerprint density at radius 2 is 1.40 bits per heavy atom. The van der Waals surface area contributed by atoms with E-state index >= 15 is 0 Å². The number of aromatic nitrogens is 5. The number of hydrogen-bond donors (Lipinski definition) is 4.